The minimum Gasteiger partial charge on any atom is -0.481 e. The Hall–Kier alpha value is -4.20. The van der Waals surface area contributed by atoms with Gasteiger partial charge in [-0.3, -0.25) is 9.59 Å². The maximum absolute atomic E-state index is 14.8. The van der Waals surface area contributed by atoms with Gasteiger partial charge in [-0.2, -0.15) is 0 Å². The average molecular weight is 530 g/mol. The number of carbonyl (C=O) groups excluding carboxylic acids is 1. The lowest BCUT2D eigenvalue weighted by Gasteiger charge is -2.27. The highest BCUT2D eigenvalue weighted by atomic mass is 19.1. The summed E-state index contributed by atoms with van der Waals surface area (Å²) < 4.78 is 22.3. The van der Waals surface area contributed by atoms with Crippen molar-refractivity contribution in [2.24, 2.45) is 5.92 Å². The van der Waals surface area contributed by atoms with Crippen LogP contribution in [0.5, 0.6) is 5.88 Å². The third kappa shape index (κ3) is 5.50. The van der Waals surface area contributed by atoms with Gasteiger partial charge in [-0.05, 0) is 80.5 Å². The number of amides is 1. The Morgan fingerprint density at radius 1 is 1.08 bits per heavy atom. The number of nitrogens with one attached hydrogen (secondary N) is 1. The van der Waals surface area contributed by atoms with Crippen molar-refractivity contribution < 1.29 is 23.8 Å². The molecule has 0 saturated heterocycles. The number of carbonyl (C=O) groups is 2. The Morgan fingerprint density at radius 2 is 1.82 bits per heavy atom. The van der Waals surface area contributed by atoms with Crippen molar-refractivity contribution in [2.45, 2.75) is 51.6 Å². The number of nitrogens with zero attached hydrogens (tertiary/aromatic N) is 2. The Bertz CT molecular complexity index is 1490. The van der Waals surface area contributed by atoms with Gasteiger partial charge in [0.05, 0.1) is 29.6 Å². The van der Waals surface area contributed by atoms with E-state index >= 15 is 0 Å². The Morgan fingerprint density at radius 3 is 2.51 bits per heavy atom. The van der Waals surface area contributed by atoms with Gasteiger partial charge in [-0.1, -0.05) is 24.3 Å². The molecule has 1 saturated carbocycles. The molecule has 1 amide bonds. The van der Waals surface area contributed by atoms with Gasteiger partial charge in [0.15, 0.2) is 0 Å². The second-order valence-corrected chi connectivity index (χ2v) is 10.1. The van der Waals surface area contributed by atoms with Crippen molar-refractivity contribution in [2.75, 3.05) is 6.61 Å². The van der Waals surface area contributed by atoms with E-state index in [1.165, 1.54) is 12.1 Å². The first kappa shape index (κ1) is 26.4. The number of ether oxygens (including phenoxy) is 1. The predicted molar refractivity (Wildman–Crippen MR) is 147 cm³/mol. The second kappa shape index (κ2) is 11.3. The fraction of sp³-hybridized carbons (Fsp3) is 0.323. The highest BCUT2D eigenvalue weighted by Crippen LogP contribution is 2.31. The molecule has 202 valence electrons. The van der Waals surface area contributed by atoms with E-state index in [0.717, 1.165) is 16.7 Å². The maximum atomic E-state index is 14.8. The molecular formula is C31H32FN3O4. The summed E-state index contributed by atoms with van der Waals surface area (Å²) in [6.07, 6.45) is 5.84. The number of rotatable bonds is 8. The zero-order valence-electron chi connectivity index (χ0n) is 22.1. The summed E-state index contributed by atoms with van der Waals surface area (Å²) in [5, 5.41) is 12.7. The van der Waals surface area contributed by atoms with Crippen LogP contribution in [-0.2, 0) is 4.79 Å². The molecule has 2 aromatic heterocycles. The molecule has 1 aliphatic rings. The van der Waals surface area contributed by atoms with Gasteiger partial charge in [0.25, 0.3) is 5.91 Å². The first-order valence-corrected chi connectivity index (χ1v) is 13.4. The first-order chi connectivity index (χ1) is 18.9. The molecule has 39 heavy (non-hydrogen) atoms. The Balaban J connectivity index is 1.39. The van der Waals surface area contributed by atoms with E-state index in [-0.39, 0.29) is 29.7 Å². The molecular weight excluding hydrogens is 497 g/mol. The van der Waals surface area contributed by atoms with E-state index in [2.05, 4.69) is 10.3 Å². The molecule has 2 N–H and O–H groups in total. The van der Waals surface area contributed by atoms with E-state index in [1.54, 1.807) is 12.3 Å². The van der Waals surface area contributed by atoms with Crippen LogP contribution in [0.3, 0.4) is 0 Å². The minimum atomic E-state index is -0.782. The molecule has 1 unspecified atom stereocenters. The molecule has 2 aromatic carbocycles. The van der Waals surface area contributed by atoms with Crippen LogP contribution in [0.15, 0.2) is 67.0 Å². The lowest BCUT2D eigenvalue weighted by atomic mass is 9.86. The highest BCUT2D eigenvalue weighted by molar-refractivity contribution is 6.06. The normalized spacial score (nSPS) is 18.0. The van der Waals surface area contributed by atoms with Crippen molar-refractivity contribution in [1.29, 1.82) is 0 Å². The largest absolute Gasteiger partial charge is 0.481 e. The summed E-state index contributed by atoms with van der Waals surface area (Å²) in [4.78, 5) is 28.9. The first-order valence-electron chi connectivity index (χ1n) is 13.4. The molecule has 2 heterocycles. The number of halogens is 1. The summed E-state index contributed by atoms with van der Waals surface area (Å²) in [7, 11) is 0. The van der Waals surface area contributed by atoms with Crippen molar-refractivity contribution >= 4 is 22.8 Å². The zero-order chi connectivity index (χ0) is 27.5. The van der Waals surface area contributed by atoms with E-state index < -0.39 is 5.97 Å². The van der Waals surface area contributed by atoms with Gasteiger partial charge in [0, 0.05) is 29.9 Å². The number of hydrogen-bond donors (Lipinski definition) is 2. The average Bonchev–Trinajstić information content (AvgIpc) is 3.40. The molecule has 5 rings (SSSR count). The van der Waals surface area contributed by atoms with Crippen LogP contribution in [0.2, 0.25) is 0 Å². The molecule has 0 bridgehead atoms. The topological polar surface area (TPSA) is 93.5 Å². The summed E-state index contributed by atoms with van der Waals surface area (Å²) in [5.41, 5.74) is 3.98. The molecule has 0 radical (unpaired) electrons. The number of aliphatic carboxylic acids is 1. The molecule has 7 nitrogen and oxygen atoms in total. The van der Waals surface area contributed by atoms with Crippen molar-refractivity contribution in [1.82, 2.24) is 14.9 Å². The van der Waals surface area contributed by atoms with Crippen LogP contribution in [0.1, 0.15) is 61.5 Å². The standard InChI is InChI=1S/C31H32FN3O4/c1-3-39-28-18-23(14-16-33-28)21-6-4-20(5-7-21)19(2)35-17-15-25-27(32)13-12-26(29(25)35)30(36)34-24-10-8-22(9-11-24)31(37)38/h4-7,12-19,22,24H,3,8-11H2,1-2H3,(H,34,36)(H,37,38). The van der Waals surface area contributed by atoms with Crippen LogP contribution in [0.4, 0.5) is 4.39 Å². The summed E-state index contributed by atoms with van der Waals surface area (Å²) in [5.74, 6) is -1.22. The number of fused-ring (bicyclic) bond motifs is 1. The lowest BCUT2D eigenvalue weighted by Crippen LogP contribution is -2.39. The summed E-state index contributed by atoms with van der Waals surface area (Å²) in [6, 6.07) is 16.3. The zero-order valence-corrected chi connectivity index (χ0v) is 22.1. The minimum absolute atomic E-state index is 0.0991. The Labute approximate surface area is 226 Å². The van der Waals surface area contributed by atoms with E-state index in [1.807, 2.05) is 61.0 Å². The predicted octanol–water partition coefficient (Wildman–Crippen LogP) is 6.22. The summed E-state index contributed by atoms with van der Waals surface area (Å²) in [6.45, 7) is 4.49. The van der Waals surface area contributed by atoms with Crippen molar-refractivity contribution in [3.63, 3.8) is 0 Å². The van der Waals surface area contributed by atoms with Gasteiger partial charge in [-0.25, -0.2) is 9.37 Å². The van der Waals surface area contributed by atoms with Crippen molar-refractivity contribution in [3.05, 3.63) is 83.9 Å². The fourth-order valence-corrected chi connectivity index (χ4v) is 5.43. The highest BCUT2D eigenvalue weighted by Gasteiger charge is 2.28. The monoisotopic (exact) mass is 529 g/mol. The molecule has 8 heteroatoms. The number of carboxylic acid groups (broad SMARTS) is 1. The number of hydrogen-bond acceptors (Lipinski definition) is 4. The number of aromatic nitrogens is 2. The SMILES string of the molecule is CCOc1cc(-c2ccc(C(C)n3ccc4c(F)ccc(C(=O)NC5CCC(C(=O)O)CC5)c43)cc2)ccn1. The van der Waals surface area contributed by atoms with Crippen LogP contribution in [0.25, 0.3) is 22.0 Å². The van der Waals surface area contributed by atoms with Crippen molar-refractivity contribution in [3.8, 4) is 17.0 Å². The lowest BCUT2D eigenvalue weighted by molar-refractivity contribution is -0.142. The van der Waals surface area contributed by atoms with Crippen LogP contribution >= 0.6 is 0 Å². The van der Waals surface area contributed by atoms with Gasteiger partial charge in [-0.15, -0.1) is 0 Å². The van der Waals surface area contributed by atoms with E-state index in [9.17, 15) is 19.1 Å². The molecule has 1 atom stereocenters. The molecule has 4 aromatic rings. The van der Waals surface area contributed by atoms with Gasteiger partial charge >= 0.3 is 5.97 Å². The van der Waals surface area contributed by atoms with Crippen LogP contribution in [0, 0.1) is 11.7 Å². The molecule has 1 fully saturated rings. The smallest absolute Gasteiger partial charge is 0.306 e. The molecule has 1 aliphatic carbocycles. The number of pyridine rings is 1. The molecule has 0 spiro atoms. The fourth-order valence-electron chi connectivity index (χ4n) is 5.43. The van der Waals surface area contributed by atoms with E-state index in [0.29, 0.717) is 54.6 Å². The third-order valence-corrected chi connectivity index (χ3v) is 7.65. The number of carboxylic acids is 1. The van der Waals surface area contributed by atoms with Gasteiger partial charge < -0.3 is 19.7 Å². The maximum Gasteiger partial charge on any atom is 0.306 e. The quantitative estimate of drug-likeness (QED) is 0.283. The molecule has 0 aliphatic heterocycles. The van der Waals surface area contributed by atoms with Crippen LogP contribution < -0.4 is 10.1 Å². The second-order valence-electron chi connectivity index (χ2n) is 10.1. The van der Waals surface area contributed by atoms with Crippen LogP contribution in [-0.4, -0.2) is 39.2 Å². The third-order valence-electron chi connectivity index (χ3n) is 7.65. The van der Waals surface area contributed by atoms with Gasteiger partial charge in [0.2, 0.25) is 5.88 Å². The Kier molecular flexibility index (Phi) is 7.63. The summed E-state index contributed by atoms with van der Waals surface area (Å²) >= 11 is 0. The van der Waals surface area contributed by atoms with Gasteiger partial charge in [0.1, 0.15) is 5.82 Å². The number of benzene rings is 2. The van der Waals surface area contributed by atoms with E-state index in [4.69, 9.17) is 4.74 Å².